The molecule has 1 aliphatic rings. The molecule has 2 aromatic rings. The van der Waals surface area contributed by atoms with Crippen LogP contribution in [-0.2, 0) is 0 Å². The lowest BCUT2D eigenvalue weighted by Gasteiger charge is -2.25. The van der Waals surface area contributed by atoms with E-state index in [2.05, 4.69) is 46.1 Å². The minimum Gasteiger partial charge on any atom is -0.352 e. The summed E-state index contributed by atoms with van der Waals surface area (Å²) in [5, 5.41) is 8.77. The van der Waals surface area contributed by atoms with E-state index in [-0.39, 0.29) is 0 Å². The van der Waals surface area contributed by atoms with Crippen molar-refractivity contribution in [2.45, 2.75) is 25.3 Å². The van der Waals surface area contributed by atoms with Crippen LogP contribution in [0.1, 0.15) is 30.5 Å². The van der Waals surface area contributed by atoms with Crippen molar-refractivity contribution in [3.05, 3.63) is 54.0 Å². The van der Waals surface area contributed by atoms with Crippen LogP contribution in [0.4, 0.5) is 5.82 Å². The highest BCUT2D eigenvalue weighted by Crippen LogP contribution is 2.35. The van der Waals surface area contributed by atoms with Crippen molar-refractivity contribution in [2.24, 2.45) is 0 Å². The molecule has 2 unspecified atom stereocenters. The van der Waals surface area contributed by atoms with Crippen LogP contribution in [-0.4, -0.2) is 22.6 Å². The molecule has 4 heteroatoms. The van der Waals surface area contributed by atoms with E-state index in [0.717, 1.165) is 18.8 Å². The molecule has 0 bridgehead atoms. The number of benzene rings is 1. The Labute approximate surface area is 118 Å². The van der Waals surface area contributed by atoms with Gasteiger partial charge in [0.25, 0.3) is 0 Å². The van der Waals surface area contributed by atoms with Crippen molar-refractivity contribution in [1.29, 1.82) is 5.26 Å². The number of hydrogen-bond acceptors (Lipinski definition) is 4. The standard InChI is InChI=1S/C16H16N4/c1-12-15(13-5-3-2-4-6-13)7-8-20(12)16-11-18-14(9-17)10-19-16/h2-6,10-12,15H,7-8H2,1H3. The zero-order chi connectivity index (χ0) is 13.9. The molecule has 2 atom stereocenters. The van der Waals surface area contributed by atoms with Gasteiger partial charge in [-0.1, -0.05) is 30.3 Å². The molecule has 20 heavy (non-hydrogen) atoms. The lowest BCUT2D eigenvalue weighted by Crippen LogP contribution is -2.30. The SMILES string of the molecule is CC1C(c2ccccc2)CCN1c1cnc(C#N)cn1. The van der Waals surface area contributed by atoms with E-state index < -0.39 is 0 Å². The van der Waals surface area contributed by atoms with Crippen LogP contribution in [0.15, 0.2) is 42.7 Å². The van der Waals surface area contributed by atoms with Crippen molar-refractivity contribution in [3.63, 3.8) is 0 Å². The molecule has 1 fully saturated rings. The molecule has 3 rings (SSSR count). The maximum absolute atomic E-state index is 8.77. The van der Waals surface area contributed by atoms with E-state index in [0.29, 0.717) is 17.7 Å². The maximum atomic E-state index is 8.77. The minimum atomic E-state index is 0.361. The van der Waals surface area contributed by atoms with Gasteiger partial charge in [-0.05, 0) is 18.9 Å². The quantitative estimate of drug-likeness (QED) is 0.837. The Morgan fingerprint density at radius 3 is 2.65 bits per heavy atom. The van der Waals surface area contributed by atoms with Crippen LogP contribution in [0.5, 0.6) is 0 Å². The molecule has 0 N–H and O–H groups in total. The van der Waals surface area contributed by atoms with Crippen LogP contribution in [0.25, 0.3) is 0 Å². The number of aromatic nitrogens is 2. The van der Waals surface area contributed by atoms with Crippen LogP contribution < -0.4 is 4.90 Å². The Morgan fingerprint density at radius 1 is 1.20 bits per heavy atom. The lowest BCUT2D eigenvalue weighted by atomic mass is 9.93. The Kier molecular flexibility index (Phi) is 3.34. The molecule has 0 amide bonds. The average Bonchev–Trinajstić information content (AvgIpc) is 2.90. The molecule has 0 saturated carbocycles. The van der Waals surface area contributed by atoms with Gasteiger partial charge in [0.2, 0.25) is 0 Å². The number of rotatable bonds is 2. The molecule has 1 aromatic carbocycles. The summed E-state index contributed by atoms with van der Waals surface area (Å²) in [7, 11) is 0. The summed E-state index contributed by atoms with van der Waals surface area (Å²) in [5.41, 5.74) is 1.74. The van der Waals surface area contributed by atoms with Crippen molar-refractivity contribution in [2.75, 3.05) is 11.4 Å². The monoisotopic (exact) mass is 264 g/mol. The fourth-order valence-electron chi connectivity index (χ4n) is 2.94. The van der Waals surface area contributed by atoms with Gasteiger partial charge >= 0.3 is 0 Å². The van der Waals surface area contributed by atoms with Gasteiger partial charge in [-0.2, -0.15) is 5.26 Å². The Balaban J connectivity index is 1.81. The molecular weight excluding hydrogens is 248 g/mol. The van der Waals surface area contributed by atoms with E-state index in [1.165, 1.54) is 11.8 Å². The van der Waals surface area contributed by atoms with Crippen LogP contribution in [0, 0.1) is 11.3 Å². The lowest BCUT2D eigenvalue weighted by molar-refractivity contribution is 0.631. The van der Waals surface area contributed by atoms with Gasteiger partial charge in [0.05, 0.1) is 12.4 Å². The first-order valence-corrected chi connectivity index (χ1v) is 6.83. The van der Waals surface area contributed by atoms with Crippen molar-refractivity contribution >= 4 is 5.82 Å². The molecule has 0 spiro atoms. The van der Waals surface area contributed by atoms with Crippen LogP contribution in [0.3, 0.4) is 0 Å². The van der Waals surface area contributed by atoms with Gasteiger partial charge in [0.15, 0.2) is 5.69 Å². The third-order valence-corrected chi connectivity index (χ3v) is 4.03. The fourth-order valence-corrected chi connectivity index (χ4v) is 2.94. The highest BCUT2D eigenvalue weighted by Gasteiger charge is 2.32. The summed E-state index contributed by atoms with van der Waals surface area (Å²) in [4.78, 5) is 10.7. The summed E-state index contributed by atoms with van der Waals surface area (Å²) >= 11 is 0. The number of nitrogens with zero attached hydrogens (tertiary/aromatic N) is 4. The van der Waals surface area contributed by atoms with Crippen LogP contribution >= 0.6 is 0 Å². The number of hydrogen-bond donors (Lipinski definition) is 0. The predicted molar refractivity (Wildman–Crippen MR) is 77.4 cm³/mol. The summed E-state index contributed by atoms with van der Waals surface area (Å²) in [6.45, 7) is 3.20. The molecular formula is C16H16N4. The Morgan fingerprint density at radius 2 is 2.00 bits per heavy atom. The summed E-state index contributed by atoms with van der Waals surface area (Å²) in [6, 6.07) is 13.0. The largest absolute Gasteiger partial charge is 0.352 e. The zero-order valence-corrected chi connectivity index (χ0v) is 11.4. The maximum Gasteiger partial charge on any atom is 0.158 e. The Hall–Kier alpha value is -2.41. The molecule has 0 radical (unpaired) electrons. The van der Waals surface area contributed by atoms with Crippen molar-refractivity contribution in [1.82, 2.24) is 9.97 Å². The Bertz CT molecular complexity index is 615. The molecule has 1 aliphatic heterocycles. The minimum absolute atomic E-state index is 0.361. The highest BCUT2D eigenvalue weighted by atomic mass is 15.2. The summed E-state index contributed by atoms with van der Waals surface area (Å²) in [5.74, 6) is 1.38. The van der Waals surface area contributed by atoms with E-state index in [1.807, 2.05) is 12.1 Å². The first-order valence-electron chi connectivity index (χ1n) is 6.83. The third-order valence-electron chi connectivity index (χ3n) is 4.03. The predicted octanol–water partition coefficient (Wildman–Crippen LogP) is 2.73. The third kappa shape index (κ3) is 2.23. The fraction of sp³-hybridized carbons (Fsp3) is 0.312. The molecule has 1 aromatic heterocycles. The van der Waals surface area contributed by atoms with Gasteiger partial charge in [0, 0.05) is 18.5 Å². The zero-order valence-electron chi connectivity index (χ0n) is 11.4. The van der Waals surface area contributed by atoms with Gasteiger partial charge in [-0.25, -0.2) is 9.97 Å². The molecule has 1 saturated heterocycles. The summed E-state index contributed by atoms with van der Waals surface area (Å²) in [6.07, 6.45) is 4.35. The number of nitriles is 1. The molecule has 100 valence electrons. The summed E-state index contributed by atoms with van der Waals surface area (Å²) < 4.78 is 0. The first-order chi connectivity index (χ1) is 9.79. The topological polar surface area (TPSA) is 52.8 Å². The second kappa shape index (κ2) is 5.30. The van der Waals surface area contributed by atoms with E-state index in [9.17, 15) is 0 Å². The smallest absolute Gasteiger partial charge is 0.158 e. The number of anilines is 1. The van der Waals surface area contributed by atoms with Gasteiger partial charge in [-0.15, -0.1) is 0 Å². The van der Waals surface area contributed by atoms with E-state index in [1.54, 1.807) is 6.20 Å². The van der Waals surface area contributed by atoms with E-state index in [4.69, 9.17) is 5.26 Å². The van der Waals surface area contributed by atoms with E-state index >= 15 is 0 Å². The normalized spacial score (nSPS) is 21.7. The average molecular weight is 264 g/mol. The second-order valence-electron chi connectivity index (χ2n) is 5.11. The first kappa shape index (κ1) is 12.6. The second-order valence-corrected chi connectivity index (χ2v) is 5.11. The molecule has 0 aliphatic carbocycles. The van der Waals surface area contributed by atoms with Crippen molar-refractivity contribution < 1.29 is 0 Å². The van der Waals surface area contributed by atoms with Crippen LogP contribution in [0.2, 0.25) is 0 Å². The van der Waals surface area contributed by atoms with Gasteiger partial charge < -0.3 is 4.90 Å². The van der Waals surface area contributed by atoms with Crippen molar-refractivity contribution in [3.8, 4) is 6.07 Å². The van der Waals surface area contributed by atoms with Gasteiger partial charge in [0.1, 0.15) is 11.9 Å². The highest BCUT2D eigenvalue weighted by molar-refractivity contribution is 5.42. The van der Waals surface area contributed by atoms with Gasteiger partial charge in [-0.3, -0.25) is 0 Å². The molecule has 4 nitrogen and oxygen atoms in total. The molecule has 2 heterocycles.